The third-order valence-electron chi connectivity index (χ3n) is 3.77. The van der Waals surface area contributed by atoms with Gasteiger partial charge in [0.1, 0.15) is 0 Å². The Hall–Kier alpha value is -2.60. The summed E-state index contributed by atoms with van der Waals surface area (Å²) in [7, 11) is 1.80. The second-order valence-electron chi connectivity index (χ2n) is 5.67. The summed E-state index contributed by atoms with van der Waals surface area (Å²) < 4.78 is 3.48. The van der Waals surface area contributed by atoms with Gasteiger partial charge in [0.2, 0.25) is 0 Å². The molecule has 1 N–H and O–H groups in total. The number of nitrogens with one attached hydrogen (secondary N) is 1. The summed E-state index contributed by atoms with van der Waals surface area (Å²) in [5.41, 5.74) is 3.27. The molecular formula is C17H18ClN5O. The molecule has 0 saturated heterocycles. The van der Waals surface area contributed by atoms with Gasteiger partial charge in [0.25, 0.3) is 5.91 Å². The van der Waals surface area contributed by atoms with Crippen LogP contribution in [0.3, 0.4) is 0 Å². The van der Waals surface area contributed by atoms with Crippen LogP contribution < -0.4 is 5.32 Å². The summed E-state index contributed by atoms with van der Waals surface area (Å²) in [5, 5.41) is 12.0. The first-order valence-electron chi connectivity index (χ1n) is 7.53. The van der Waals surface area contributed by atoms with Gasteiger partial charge in [-0.05, 0) is 31.5 Å². The molecule has 0 aliphatic carbocycles. The van der Waals surface area contributed by atoms with E-state index in [1.165, 1.54) is 0 Å². The topological polar surface area (TPSA) is 64.7 Å². The highest BCUT2D eigenvalue weighted by atomic mass is 35.5. The largest absolute Gasteiger partial charge is 0.305 e. The molecule has 3 rings (SSSR count). The van der Waals surface area contributed by atoms with Crippen molar-refractivity contribution in [2.45, 2.75) is 20.4 Å². The summed E-state index contributed by atoms with van der Waals surface area (Å²) in [6, 6.07) is 9.19. The van der Waals surface area contributed by atoms with E-state index in [0.717, 1.165) is 17.0 Å². The van der Waals surface area contributed by atoms with Crippen molar-refractivity contribution in [3.63, 3.8) is 0 Å². The van der Waals surface area contributed by atoms with E-state index < -0.39 is 0 Å². The Kier molecular flexibility index (Phi) is 4.40. The fourth-order valence-corrected chi connectivity index (χ4v) is 2.62. The van der Waals surface area contributed by atoms with Gasteiger partial charge < -0.3 is 5.32 Å². The molecule has 2 heterocycles. The Bertz CT molecular complexity index is 896. The predicted molar refractivity (Wildman–Crippen MR) is 93.4 cm³/mol. The molecule has 124 valence electrons. The van der Waals surface area contributed by atoms with Crippen molar-refractivity contribution in [1.82, 2.24) is 19.6 Å². The van der Waals surface area contributed by atoms with Gasteiger partial charge in [0.05, 0.1) is 23.0 Å². The summed E-state index contributed by atoms with van der Waals surface area (Å²) in [5.74, 6) is 0.334. The molecule has 0 aliphatic rings. The Morgan fingerprint density at radius 1 is 1.25 bits per heavy atom. The maximum Gasteiger partial charge on any atom is 0.256 e. The minimum absolute atomic E-state index is 0.193. The monoisotopic (exact) mass is 343 g/mol. The molecule has 2 aromatic heterocycles. The first-order valence-corrected chi connectivity index (χ1v) is 7.91. The number of anilines is 1. The van der Waals surface area contributed by atoms with Crippen molar-refractivity contribution in [2.75, 3.05) is 5.32 Å². The predicted octanol–water partition coefficient (Wildman–Crippen LogP) is 3.19. The lowest BCUT2D eigenvalue weighted by Crippen LogP contribution is -2.13. The SMILES string of the molecule is Cc1nn(Cc2cccc(C(=O)Nc3ccn(C)n3)c2)c(C)c1Cl. The Labute approximate surface area is 145 Å². The minimum Gasteiger partial charge on any atom is -0.305 e. The lowest BCUT2D eigenvalue weighted by atomic mass is 10.1. The number of aryl methyl sites for hydroxylation is 2. The van der Waals surface area contributed by atoms with Crippen molar-refractivity contribution in [2.24, 2.45) is 7.05 Å². The van der Waals surface area contributed by atoms with Gasteiger partial charge in [-0.25, -0.2) is 0 Å². The third kappa shape index (κ3) is 3.33. The smallest absolute Gasteiger partial charge is 0.256 e. The number of amides is 1. The summed E-state index contributed by atoms with van der Waals surface area (Å²) in [6.07, 6.45) is 1.78. The van der Waals surface area contributed by atoms with Gasteiger partial charge in [-0.1, -0.05) is 23.7 Å². The number of halogens is 1. The zero-order valence-electron chi connectivity index (χ0n) is 13.7. The van der Waals surface area contributed by atoms with Crippen molar-refractivity contribution in [3.05, 3.63) is 64.1 Å². The van der Waals surface area contributed by atoms with E-state index >= 15 is 0 Å². The fraction of sp³-hybridized carbons (Fsp3) is 0.235. The number of carbonyl (C=O) groups is 1. The van der Waals surface area contributed by atoms with Gasteiger partial charge in [-0.15, -0.1) is 0 Å². The van der Waals surface area contributed by atoms with Crippen molar-refractivity contribution in [1.29, 1.82) is 0 Å². The van der Waals surface area contributed by atoms with Crippen LogP contribution in [0.2, 0.25) is 5.02 Å². The maximum absolute atomic E-state index is 12.3. The van der Waals surface area contributed by atoms with E-state index in [2.05, 4.69) is 15.5 Å². The van der Waals surface area contributed by atoms with Crippen LogP contribution in [-0.2, 0) is 13.6 Å². The van der Waals surface area contributed by atoms with Gasteiger partial charge in [0, 0.05) is 24.9 Å². The van der Waals surface area contributed by atoms with E-state index in [9.17, 15) is 4.79 Å². The molecule has 3 aromatic rings. The number of rotatable bonds is 4. The van der Waals surface area contributed by atoms with E-state index in [1.54, 1.807) is 30.1 Å². The summed E-state index contributed by atoms with van der Waals surface area (Å²) >= 11 is 6.18. The minimum atomic E-state index is -0.193. The van der Waals surface area contributed by atoms with Crippen LogP contribution in [0, 0.1) is 13.8 Å². The van der Waals surface area contributed by atoms with Crippen molar-refractivity contribution in [3.8, 4) is 0 Å². The lowest BCUT2D eigenvalue weighted by Gasteiger charge is -2.07. The number of hydrogen-bond acceptors (Lipinski definition) is 3. The standard InChI is InChI=1S/C17H18ClN5O/c1-11-16(18)12(2)23(20-11)10-13-5-4-6-14(9-13)17(24)19-15-7-8-22(3)21-15/h4-9H,10H2,1-3H3,(H,19,21,24). The van der Waals surface area contributed by atoms with E-state index in [4.69, 9.17) is 11.6 Å². The third-order valence-corrected chi connectivity index (χ3v) is 4.32. The van der Waals surface area contributed by atoms with Gasteiger partial charge >= 0.3 is 0 Å². The Morgan fingerprint density at radius 3 is 2.67 bits per heavy atom. The summed E-state index contributed by atoms with van der Waals surface area (Å²) in [4.78, 5) is 12.3. The van der Waals surface area contributed by atoms with Gasteiger partial charge in [-0.2, -0.15) is 10.2 Å². The fourth-order valence-electron chi connectivity index (χ4n) is 2.48. The Morgan fingerprint density at radius 2 is 2.04 bits per heavy atom. The van der Waals surface area contributed by atoms with Crippen LogP contribution >= 0.6 is 11.6 Å². The molecule has 0 fully saturated rings. The van der Waals surface area contributed by atoms with Crippen LogP contribution in [0.25, 0.3) is 0 Å². The molecule has 0 bridgehead atoms. The average molecular weight is 344 g/mol. The van der Waals surface area contributed by atoms with Crippen molar-refractivity contribution >= 4 is 23.3 Å². The van der Waals surface area contributed by atoms with Crippen LogP contribution in [0.4, 0.5) is 5.82 Å². The molecule has 7 heteroatoms. The number of benzene rings is 1. The normalized spacial score (nSPS) is 10.8. The molecule has 1 amide bonds. The molecule has 6 nitrogen and oxygen atoms in total. The first-order chi connectivity index (χ1) is 11.4. The molecule has 1 aromatic carbocycles. The van der Waals surface area contributed by atoms with Crippen LogP contribution in [0.5, 0.6) is 0 Å². The van der Waals surface area contributed by atoms with Crippen LogP contribution in [0.15, 0.2) is 36.5 Å². The second kappa shape index (κ2) is 6.49. The molecule has 0 radical (unpaired) electrons. The van der Waals surface area contributed by atoms with Crippen LogP contribution in [-0.4, -0.2) is 25.5 Å². The molecule has 24 heavy (non-hydrogen) atoms. The van der Waals surface area contributed by atoms with Crippen LogP contribution in [0.1, 0.15) is 27.3 Å². The highest BCUT2D eigenvalue weighted by Crippen LogP contribution is 2.20. The quantitative estimate of drug-likeness (QED) is 0.791. The second-order valence-corrected chi connectivity index (χ2v) is 6.05. The lowest BCUT2D eigenvalue weighted by molar-refractivity contribution is 0.102. The highest BCUT2D eigenvalue weighted by molar-refractivity contribution is 6.31. The molecule has 0 aliphatic heterocycles. The van der Waals surface area contributed by atoms with E-state index in [-0.39, 0.29) is 5.91 Å². The van der Waals surface area contributed by atoms with Gasteiger partial charge in [0.15, 0.2) is 5.82 Å². The van der Waals surface area contributed by atoms with E-state index in [1.807, 2.05) is 36.7 Å². The van der Waals surface area contributed by atoms with Gasteiger partial charge in [-0.3, -0.25) is 14.2 Å². The van der Waals surface area contributed by atoms with Crippen molar-refractivity contribution < 1.29 is 4.79 Å². The molecule has 0 atom stereocenters. The zero-order chi connectivity index (χ0) is 17.3. The molecule has 0 spiro atoms. The summed E-state index contributed by atoms with van der Waals surface area (Å²) in [6.45, 7) is 4.37. The average Bonchev–Trinajstić information content (AvgIpc) is 3.07. The first kappa shape index (κ1) is 16.3. The zero-order valence-corrected chi connectivity index (χ0v) is 14.5. The number of aromatic nitrogens is 4. The highest BCUT2D eigenvalue weighted by Gasteiger charge is 2.11. The molecule has 0 saturated carbocycles. The maximum atomic E-state index is 12.3. The molecular weight excluding hydrogens is 326 g/mol. The van der Waals surface area contributed by atoms with E-state index in [0.29, 0.717) is 22.9 Å². The number of hydrogen-bond donors (Lipinski definition) is 1. The number of nitrogens with zero attached hydrogens (tertiary/aromatic N) is 4. The number of carbonyl (C=O) groups excluding carboxylic acids is 1. The molecule has 0 unspecified atom stereocenters. The Balaban J connectivity index is 1.78.